The smallest absolute Gasteiger partial charge is 0.0361 e. The average Bonchev–Trinajstić information content (AvgIpc) is 2.49. The monoisotopic (exact) mass is 225 g/mol. The Morgan fingerprint density at radius 1 is 1.29 bits per heavy atom. The predicted octanol–water partition coefficient (Wildman–Crippen LogP) is 3.91. The number of fused-ring (bicyclic) bond motifs is 2. The molecule has 0 spiro atoms. The van der Waals surface area contributed by atoms with Gasteiger partial charge in [-0.3, -0.25) is 0 Å². The summed E-state index contributed by atoms with van der Waals surface area (Å²) in [7, 11) is 0. The van der Waals surface area contributed by atoms with Gasteiger partial charge in [-0.2, -0.15) is 0 Å². The van der Waals surface area contributed by atoms with E-state index in [9.17, 15) is 0 Å². The molecule has 1 aromatic rings. The molecule has 88 valence electrons. The molecule has 0 radical (unpaired) electrons. The van der Waals surface area contributed by atoms with Crippen molar-refractivity contribution >= 4 is 11.3 Å². The van der Waals surface area contributed by atoms with Crippen molar-refractivity contribution in [2.75, 3.05) is 5.73 Å². The van der Waals surface area contributed by atoms with Gasteiger partial charge in [-0.05, 0) is 40.7 Å². The molecule has 0 fully saturated rings. The lowest BCUT2D eigenvalue weighted by Crippen LogP contribution is -2.18. The number of anilines is 1. The van der Waals surface area contributed by atoms with Crippen molar-refractivity contribution in [3.63, 3.8) is 0 Å². The van der Waals surface area contributed by atoms with Crippen LogP contribution in [0.15, 0.2) is 35.9 Å². The minimum atomic E-state index is 0.0622. The summed E-state index contributed by atoms with van der Waals surface area (Å²) in [6.45, 7) is 6.84. The molecule has 2 aliphatic carbocycles. The molecule has 1 aromatic carbocycles. The van der Waals surface area contributed by atoms with Gasteiger partial charge in [-0.25, -0.2) is 0 Å². The highest BCUT2D eigenvalue weighted by molar-refractivity contribution is 5.86. The van der Waals surface area contributed by atoms with E-state index < -0.39 is 0 Å². The number of rotatable bonds is 0. The van der Waals surface area contributed by atoms with Crippen LogP contribution in [-0.2, 0) is 5.41 Å². The molecule has 1 unspecified atom stereocenters. The Kier molecular flexibility index (Phi) is 2.04. The largest absolute Gasteiger partial charge is 0.398 e. The number of nitrogen functional groups attached to an aromatic ring is 1. The fourth-order valence-electron chi connectivity index (χ4n) is 3.36. The van der Waals surface area contributed by atoms with Gasteiger partial charge in [0.25, 0.3) is 0 Å². The van der Waals surface area contributed by atoms with E-state index in [-0.39, 0.29) is 5.41 Å². The maximum atomic E-state index is 6.19. The maximum Gasteiger partial charge on any atom is 0.0361 e. The van der Waals surface area contributed by atoms with Crippen LogP contribution in [0.1, 0.15) is 38.3 Å². The highest BCUT2D eigenvalue weighted by atomic mass is 14.6. The minimum absolute atomic E-state index is 0.0622. The van der Waals surface area contributed by atoms with E-state index in [1.165, 1.54) is 22.3 Å². The van der Waals surface area contributed by atoms with E-state index in [0.717, 1.165) is 12.1 Å². The van der Waals surface area contributed by atoms with E-state index in [1.54, 1.807) is 0 Å². The van der Waals surface area contributed by atoms with Gasteiger partial charge in [0.05, 0.1) is 0 Å². The molecule has 2 N–H and O–H groups in total. The molecule has 0 aliphatic heterocycles. The van der Waals surface area contributed by atoms with Crippen LogP contribution >= 0.6 is 0 Å². The van der Waals surface area contributed by atoms with Crippen LogP contribution in [0.4, 0.5) is 5.69 Å². The third-order valence-electron chi connectivity index (χ3n) is 4.16. The maximum absolute atomic E-state index is 6.19. The third-order valence-corrected chi connectivity index (χ3v) is 4.16. The minimum Gasteiger partial charge on any atom is -0.398 e. The summed E-state index contributed by atoms with van der Waals surface area (Å²) in [6, 6.07) is 6.32. The summed E-state index contributed by atoms with van der Waals surface area (Å²) >= 11 is 0. The van der Waals surface area contributed by atoms with Crippen LogP contribution in [-0.4, -0.2) is 0 Å². The second kappa shape index (κ2) is 3.25. The van der Waals surface area contributed by atoms with Crippen LogP contribution in [0.3, 0.4) is 0 Å². The number of benzene rings is 1. The van der Waals surface area contributed by atoms with Gasteiger partial charge >= 0.3 is 0 Å². The number of nitrogens with two attached hydrogens (primary N) is 1. The van der Waals surface area contributed by atoms with Gasteiger partial charge in [0.1, 0.15) is 0 Å². The first-order valence-corrected chi connectivity index (χ1v) is 6.33. The zero-order valence-corrected chi connectivity index (χ0v) is 10.7. The molecule has 0 saturated heterocycles. The molecule has 2 aliphatic rings. The van der Waals surface area contributed by atoms with Gasteiger partial charge < -0.3 is 5.73 Å². The molecule has 1 atom stereocenters. The van der Waals surface area contributed by atoms with E-state index in [2.05, 4.69) is 45.1 Å². The average molecular weight is 225 g/mol. The Balaban J connectivity index is 2.28. The lowest BCUT2D eigenvalue weighted by Gasteiger charge is -2.25. The highest BCUT2D eigenvalue weighted by Gasteiger charge is 2.39. The fourth-order valence-corrected chi connectivity index (χ4v) is 3.36. The van der Waals surface area contributed by atoms with Crippen LogP contribution in [0.2, 0.25) is 0 Å². The van der Waals surface area contributed by atoms with Crippen molar-refractivity contribution in [3.8, 4) is 0 Å². The molecule has 0 heterocycles. The van der Waals surface area contributed by atoms with Crippen LogP contribution in [0, 0.1) is 5.92 Å². The molecule has 3 rings (SSSR count). The molecule has 0 aromatic heterocycles. The summed E-state index contributed by atoms with van der Waals surface area (Å²) in [5, 5.41) is 0. The Morgan fingerprint density at radius 3 is 2.82 bits per heavy atom. The molecular formula is C16H19N. The molecule has 1 heteroatoms. The van der Waals surface area contributed by atoms with Crippen LogP contribution < -0.4 is 5.73 Å². The Labute approximate surface area is 103 Å². The van der Waals surface area contributed by atoms with Crippen molar-refractivity contribution in [2.45, 2.75) is 32.6 Å². The predicted molar refractivity (Wildman–Crippen MR) is 73.7 cm³/mol. The third kappa shape index (κ3) is 1.32. The zero-order valence-electron chi connectivity index (χ0n) is 10.7. The highest BCUT2D eigenvalue weighted by Crippen LogP contribution is 2.52. The van der Waals surface area contributed by atoms with Crippen molar-refractivity contribution in [1.29, 1.82) is 0 Å². The summed E-state index contributed by atoms with van der Waals surface area (Å²) in [6.07, 6.45) is 5.78. The lowest BCUT2D eigenvalue weighted by molar-refractivity contribution is 0.645. The first kappa shape index (κ1) is 10.6. The van der Waals surface area contributed by atoms with Gasteiger partial charge in [0.15, 0.2) is 0 Å². The van der Waals surface area contributed by atoms with E-state index in [1.807, 2.05) is 6.07 Å². The lowest BCUT2D eigenvalue weighted by atomic mass is 9.78. The van der Waals surface area contributed by atoms with Gasteiger partial charge in [-0.15, -0.1) is 0 Å². The van der Waals surface area contributed by atoms with Gasteiger partial charge in [0, 0.05) is 11.1 Å². The Bertz CT molecular complexity index is 547. The summed E-state index contributed by atoms with van der Waals surface area (Å²) in [5.41, 5.74) is 12.8. The number of allylic oxidation sites excluding steroid dienone is 4. The van der Waals surface area contributed by atoms with Crippen LogP contribution in [0.25, 0.3) is 5.57 Å². The Hall–Kier alpha value is -1.50. The summed E-state index contributed by atoms with van der Waals surface area (Å²) in [4.78, 5) is 0. The van der Waals surface area contributed by atoms with Crippen molar-refractivity contribution in [3.05, 3.63) is 47.1 Å². The van der Waals surface area contributed by atoms with Crippen LogP contribution in [0.5, 0.6) is 0 Å². The molecule has 17 heavy (non-hydrogen) atoms. The summed E-state index contributed by atoms with van der Waals surface area (Å²) < 4.78 is 0. The standard InChI is InChI=1S/C16H19N/c1-10-7-8-13-12(9-10)11-5-4-6-14(17)15(11)16(13,2)3/h4-8,10H,9,17H2,1-3H3. The SMILES string of the molecule is CC1C=CC2=C(C1)c1cccc(N)c1C2(C)C. The topological polar surface area (TPSA) is 26.0 Å². The van der Waals surface area contributed by atoms with Crippen molar-refractivity contribution < 1.29 is 0 Å². The van der Waals surface area contributed by atoms with Crippen molar-refractivity contribution in [2.24, 2.45) is 5.92 Å². The quantitative estimate of drug-likeness (QED) is 0.666. The fraction of sp³-hybridized carbons (Fsp3) is 0.375. The first-order chi connectivity index (χ1) is 8.01. The van der Waals surface area contributed by atoms with E-state index >= 15 is 0 Å². The van der Waals surface area contributed by atoms with E-state index in [4.69, 9.17) is 5.73 Å². The van der Waals surface area contributed by atoms with Crippen molar-refractivity contribution in [1.82, 2.24) is 0 Å². The van der Waals surface area contributed by atoms with E-state index in [0.29, 0.717) is 5.92 Å². The molecular weight excluding hydrogens is 206 g/mol. The number of hydrogen-bond donors (Lipinski definition) is 1. The molecule has 0 amide bonds. The second-order valence-corrected chi connectivity index (χ2v) is 5.83. The molecule has 0 saturated carbocycles. The zero-order chi connectivity index (χ0) is 12.2. The molecule has 0 bridgehead atoms. The first-order valence-electron chi connectivity index (χ1n) is 6.33. The molecule has 1 nitrogen and oxygen atoms in total. The Morgan fingerprint density at radius 2 is 2.06 bits per heavy atom. The summed E-state index contributed by atoms with van der Waals surface area (Å²) in [5.74, 6) is 0.636. The second-order valence-electron chi connectivity index (χ2n) is 5.83. The van der Waals surface area contributed by atoms with Gasteiger partial charge in [-0.1, -0.05) is 45.1 Å². The number of hydrogen-bond acceptors (Lipinski definition) is 1. The van der Waals surface area contributed by atoms with Gasteiger partial charge in [0.2, 0.25) is 0 Å². The normalized spacial score (nSPS) is 24.8.